The van der Waals surface area contributed by atoms with Crippen LogP contribution in [0.2, 0.25) is 0 Å². The van der Waals surface area contributed by atoms with E-state index in [1.807, 2.05) is 61.5 Å². The van der Waals surface area contributed by atoms with Gasteiger partial charge in [-0.05, 0) is 55.0 Å². The van der Waals surface area contributed by atoms with Crippen LogP contribution in [0.4, 0.5) is 5.69 Å². The number of ether oxygens (including phenoxy) is 3. The van der Waals surface area contributed by atoms with Crippen LogP contribution >= 0.6 is 11.8 Å². The molecule has 0 N–H and O–H groups in total. The van der Waals surface area contributed by atoms with Crippen molar-refractivity contribution in [2.75, 3.05) is 31.8 Å². The lowest BCUT2D eigenvalue weighted by molar-refractivity contribution is 0.0335. The molecule has 33 heavy (non-hydrogen) atoms. The van der Waals surface area contributed by atoms with Gasteiger partial charge in [0.1, 0.15) is 12.4 Å². The first-order valence-electron chi connectivity index (χ1n) is 10.7. The van der Waals surface area contributed by atoms with Gasteiger partial charge < -0.3 is 19.1 Å². The number of fused-ring (bicyclic) bond motifs is 2. The van der Waals surface area contributed by atoms with E-state index < -0.39 is 5.97 Å². The average molecular weight is 464 g/mol. The molecule has 170 valence electrons. The number of hydrogen-bond donors (Lipinski definition) is 0. The van der Waals surface area contributed by atoms with Gasteiger partial charge in [0.2, 0.25) is 0 Å². The first-order chi connectivity index (χ1) is 16.1. The Morgan fingerprint density at radius 3 is 2.64 bits per heavy atom. The fourth-order valence-electron chi connectivity index (χ4n) is 3.58. The highest BCUT2D eigenvalue weighted by atomic mass is 32.2. The molecule has 1 aliphatic heterocycles. The summed E-state index contributed by atoms with van der Waals surface area (Å²) < 4.78 is 15.9. The molecule has 0 bridgehead atoms. The van der Waals surface area contributed by atoms with Crippen LogP contribution in [0.15, 0.2) is 76.5 Å². The van der Waals surface area contributed by atoms with E-state index >= 15 is 0 Å². The van der Waals surface area contributed by atoms with E-state index in [0.717, 1.165) is 21.1 Å². The number of methoxy groups -OCH3 is 1. The Bertz CT molecular complexity index is 1160. The molecule has 0 aromatic heterocycles. The van der Waals surface area contributed by atoms with Crippen molar-refractivity contribution in [2.45, 2.75) is 23.3 Å². The number of nitrogens with zero attached hydrogens (tertiary/aromatic N) is 1. The predicted octanol–water partition coefficient (Wildman–Crippen LogP) is 5.20. The van der Waals surface area contributed by atoms with Crippen LogP contribution in [0.25, 0.3) is 0 Å². The van der Waals surface area contributed by atoms with Gasteiger partial charge in [-0.25, -0.2) is 4.79 Å². The van der Waals surface area contributed by atoms with Crippen LogP contribution in [0.5, 0.6) is 5.75 Å². The Kier molecular flexibility index (Phi) is 7.32. The Morgan fingerprint density at radius 2 is 1.82 bits per heavy atom. The van der Waals surface area contributed by atoms with Gasteiger partial charge >= 0.3 is 5.97 Å². The lowest BCUT2D eigenvalue weighted by Gasteiger charge is -2.24. The predicted molar refractivity (Wildman–Crippen MR) is 127 cm³/mol. The number of anilines is 1. The molecular formula is C26H25NO5S. The Balaban J connectivity index is 1.71. The van der Waals surface area contributed by atoms with E-state index in [2.05, 4.69) is 0 Å². The van der Waals surface area contributed by atoms with Crippen LogP contribution in [0, 0.1) is 0 Å². The molecule has 0 atom stereocenters. The van der Waals surface area contributed by atoms with Crippen molar-refractivity contribution in [3.8, 4) is 5.75 Å². The van der Waals surface area contributed by atoms with E-state index in [0.29, 0.717) is 36.6 Å². The summed E-state index contributed by atoms with van der Waals surface area (Å²) in [6, 6.07) is 20.5. The Morgan fingerprint density at radius 1 is 0.970 bits per heavy atom. The van der Waals surface area contributed by atoms with E-state index in [1.54, 1.807) is 24.1 Å². The molecule has 0 saturated heterocycles. The second kappa shape index (κ2) is 10.6. The largest absolute Gasteiger partial charge is 0.497 e. The van der Waals surface area contributed by atoms with E-state index in [1.165, 1.54) is 11.8 Å². The molecule has 1 aliphatic rings. The molecule has 0 unspecified atom stereocenters. The third-order valence-electron chi connectivity index (χ3n) is 5.21. The number of esters is 1. The SMILES string of the molecule is CCOCCOC(=O)c1ccc2c(c1)N(Cc1cccc(OC)c1)C(=O)c1ccccc1S2. The quantitative estimate of drug-likeness (QED) is 0.338. The summed E-state index contributed by atoms with van der Waals surface area (Å²) in [5, 5.41) is 0. The smallest absolute Gasteiger partial charge is 0.338 e. The lowest BCUT2D eigenvalue weighted by Crippen LogP contribution is -2.30. The molecule has 3 aromatic rings. The first-order valence-corrected chi connectivity index (χ1v) is 11.5. The summed E-state index contributed by atoms with van der Waals surface area (Å²) in [4.78, 5) is 29.7. The van der Waals surface area contributed by atoms with Crippen LogP contribution < -0.4 is 9.64 Å². The molecular weight excluding hydrogens is 438 g/mol. The highest BCUT2D eigenvalue weighted by Gasteiger charge is 2.28. The Hall–Kier alpha value is -3.29. The summed E-state index contributed by atoms with van der Waals surface area (Å²) in [5.41, 5.74) is 2.61. The number of rotatable bonds is 8. The third kappa shape index (κ3) is 5.21. The van der Waals surface area contributed by atoms with Gasteiger partial charge in [-0.1, -0.05) is 36.0 Å². The van der Waals surface area contributed by atoms with Gasteiger partial charge in [-0.2, -0.15) is 0 Å². The minimum Gasteiger partial charge on any atom is -0.497 e. The van der Waals surface area contributed by atoms with E-state index in [4.69, 9.17) is 14.2 Å². The van der Waals surface area contributed by atoms with Gasteiger partial charge in [0.05, 0.1) is 37.1 Å². The lowest BCUT2D eigenvalue weighted by atomic mass is 10.1. The number of benzene rings is 3. The summed E-state index contributed by atoms with van der Waals surface area (Å²) in [6.45, 7) is 3.31. The minimum atomic E-state index is -0.446. The third-order valence-corrected chi connectivity index (χ3v) is 6.35. The zero-order valence-corrected chi connectivity index (χ0v) is 19.4. The molecule has 3 aromatic carbocycles. The maximum absolute atomic E-state index is 13.6. The van der Waals surface area contributed by atoms with E-state index in [9.17, 15) is 9.59 Å². The Labute approximate surface area is 197 Å². The van der Waals surface area contributed by atoms with Crippen LogP contribution in [0.3, 0.4) is 0 Å². The summed E-state index contributed by atoms with van der Waals surface area (Å²) >= 11 is 1.51. The second-order valence-electron chi connectivity index (χ2n) is 7.36. The zero-order valence-electron chi connectivity index (χ0n) is 18.6. The van der Waals surface area contributed by atoms with Crippen molar-refractivity contribution in [1.29, 1.82) is 0 Å². The van der Waals surface area contributed by atoms with E-state index in [-0.39, 0.29) is 12.5 Å². The minimum absolute atomic E-state index is 0.124. The monoisotopic (exact) mass is 463 g/mol. The molecule has 7 heteroatoms. The van der Waals surface area contributed by atoms with Crippen molar-refractivity contribution in [1.82, 2.24) is 0 Å². The van der Waals surface area contributed by atoms with Crippen molar-refractivity contribution in [2.24, 2.45) is 0 Å². The second-order valence-corrected chi connectivity index (χ2v) is 8.44. The number of carbonyl (C=O) groups is 2. The van der Waals surface area contributed by atoms with Crippen molar-refractivity contribution >= 4 is 29.3 Å². The summed E-state index contributed by atoms with van der Waals surface area (Å²) in [6.07, 6.45) is 0. The van der Waals surface area contributed by atoms with Crippen molar-refractivity contribution in [3.05, 3.63) is 83.4 Å². The molecule has 4 rings (SSSR count). The molecule has 6 nitrogen and oxygen atoms in total. The fourth-order valence-corrected chi connectivity index (χ4v) is 4.64. The maximum atomic E-state index is 13.6. The standard InChI is InChI=1S/C26H25NO5S/c1-3-31-13-14-32-26(29)19-11-12-24-22(16-19)27(17-18-7-6-8-20(15-18)30-2)25(28)21-9-4-5-10-23(21)33-24/h4-12,15-16H,3,13-14,17H2,1-2H3. The molecule has 0 saturated carbocycles. The molecule has 1 amide bonds. The molecule has 1 heterocycles. The fraction of sp³-hybridized carbons (Fsp3) is 0.231. The number of amides is 1. The average Bonchev–Trinajstić information content (AvgIpc) is 2.96. The van der Waals surface area contributed by atoms with Gasteiger partial charge in [0.25, 0.3) is 5.91 Å². The molecule has 0 radical (unpaired) electrons. The van der Waals surface area contributed by atoms with Gasteiger partial charge in [0.15, 0.2) is 0 Å². The van der Waals surface area contributed by atoms with Crippen LogP contribution in [-0.4, -0.2) is 38.8 Å². The van der Waals surface area contributed by atoms with Crippen LogP contribution in [0.1, 0.15) is 33.2 Å². The van der Waals surface area contributed by atoms with Gasteiger partial charge in [0, 0.05) is 16.4 Å². The number of hydrogen-bond acceptors (Lipinski definition) is 6. The highest BCUT2D eigenvalue weighted by molar-refractivity contribution is 7.99. The normalized spacial score (nSPS) is 12.5. The van der Waals surface area contributed by atoms with Gasteiger partial charge in [-0.3, -0.25) is 4.79 Å². The summed E-state index contributed by atoms with van der Waals surface area (Å²) in [5.74, 6) is 0.149. The summed E-state index contributed by atoms with van der Waals surface area (Å²) in [7, 11) is 1.61. The topological polar surface area (TPSA) is 65.1 Å². The van der Waals surface area contributed by atoms with Gasteiger partial charge in [-0.15, -0.1) is 0 Å². The van der Waals surface area contributed by atoms with Crippen LogP contribution in [-0.2, 0) is 16.0 Å². The van der Waals surface area contributed by atoms with Crippen molar-refractivity contribution in [3.63, 3.8) is 0 Å². The van der Waals surface area contributed by atoms with Crippen molar-refractivity contribution < 1.29 is 23.8 Å². The molecule has 0 aliphatic carbocycles. The molecule has 0 fully saturated rings. The number of carbonyl (C=O) groups excluding carboxylic acids is 2. The highest BCUT2D eigenvalue weighted by Crippen LogP contribution is 2.42. The maximum Gasteiger partial charge on any atom is 0.338 e. The first kappa shape index (κ1) is 22.9. The zero-order chi connectivity index (χ0) is 23.2. The molecule has 0 spiro atoms.